The van der Waals surface area contributed by atoms with Crippen molar-refractivity contribution in [1.82, 2.24) is 0 Å². The van der Waals surface area contributed by atoms with Crippen molar-refractivity contribution in [3.05, 3.63) is 0 Å². The molecule has 2 unspecified atom stereocenters. The Bertz CT molecular complexity index is 124. The third kappa shape index (κ3) is 3.34. The molecule has 0 aromatic rings. The van der Waals surface area contributed by atoms with Crippen LogP contribution < -0.4 is 0 Å². The van der Waals surface area contributed by atoms with Crippen molar-refractivity contribution in [2.75, 3.05) is 13.7 Å². The molecule has 0 aromatic carbocycles. The van der Waals surface area contributed by atoms with E-state index in [9.17, 15) is 4.79 Å². The molecule has 0 aromatic heterocycles. The normalized spacial score (nSPS) is 15.6. The molecule has 4 nitrogen and oxygen atoms in total. The topological polar surface area (TPSA) is 55.8 Å². The third-order valence-corrected chi connectivity index (χ3v) is 1.34. The fourth-order valence-electron chi connectivity index (χ4n) is 0.548. The Labute approximate surface area is 66.1 Å². The van der Waals surface area contributed by atoms with Crippen molar-refractivity contribution in [2.45, 2.75) is 26.1 Å². The molecule has 0 radical (unpaired) electrons. The van der Waals surface area contributed by atoms with E-state index in [1.807, 2.05) is 0 Å². The second kappa shape index (κ2) is 5.09. The number of hydrogen-bond donors (Lipinski definition) is 1. The van der Waals surface area contributed by atoms with Gasteiger partial charge >= 0.3 is 5.97 Å². The van der Waals surface area contributed by atoms with Crippen molar-refractivity contribution in [3.63, 3.8) is 0 Å². The van der Waals surface area contributed by atoms with Gasteiger partial charge in [0.15, 0.2) is 6.10 Å². The van der Waals surface area contributed by atoms with E-state index in [0.717, 1.165) is 0 Å². The maximum absolute atomic E-state index is 10.8. The SMILES string of the molecule is CCOC(=O)C(O)C(C)OC. The highest BCUT2D eigenvalue weighted by Gasteiger charge is 2.22. The van der Waals surface area contributed by atoms with Crippen LogP contribution in [0.2, 0.25) is 0 Å². The zero-order valence-electron chi connectivity index (χ0n) is 7.03. The number of hydrogen-bond acceptors (Lipinski definition) is 4. The number of carbonyl (C=O) groups is 1. The molecule has 0 aliphatic rings. The number of aliphatic hydroxyl groups is 1. The molecule has 0 bridgehead atoms. The third-order valence-electron chi connectivity index (χ3n) is 1.34. The van der Waals surface area contributed by atoms with Crippen molar-refractivity contribution in [3.8, 4) is 0 Å². The fraction of sp³-hybridized carbons (Fsp3) is 0.857. The van der Waals surface area contributed by atoms with Gasteiger partial charge in [-0.3, -0.25) is 0 Å². The van der Waals surface area contributed by atoms with Gasteiger partial charge in [-0.2, -0.15) is 0 Å². The summed E-state index contributed by atoms with van der Waals surface area (Å²) in [6.45, 7) is 3.55. The molecular weight excluding hydrogens is 148 g/mol. The van der Waals surface area contributed by atoms with Crippen molar-refractivity contribution in [1.29, 1.82) is 0 Å². The van der Waals surface area contributed by atoms with Crippen LogP contribution in [0.15, 0.2) is 0 Å². The van der Waals surface area contributed by atoms with Gasteiger partial charge in [0.25, 0.3) is 0 Å². The summed E-state index contributed by atoms with van der Waals surface area (Å²) in [7, 11) is 1.42. The summed E-state index contributed by atoms with van der Waals surface area (Å²) in [5.74, 6) is -0.637. The first-order chi connectivity index (χ1) is 5.13. The standard InChI is InChI=1S/C7H14O4/c1-4-11-7(9)6(8)5(2)10-3/h5-6,8H,4H2,1-3H3. The maximum Gasteiger partial charge on any atom is 0.337 e. The van der Waals surface area contributed by atoms with Gasteiger partial charge in [-0.1, -0.05) is 0 Å². The van der Waals surface area contributed by atoms with Crippen LogP contribution in [-0.2, 0) is 14.3 Å². The molecule has 0 saturated carbocycles. The smallest absolute Gasteiger partial charge is 0.337 e. The van der Waals surface area contributed by atoms with E-state index in [1.54, 1.807) is 13.8 Å². The quantitative estimate of drug-likeness (QED) is 0.589. The lowest BCUT2D eigenvalue weighted by atomic mass is 10.2. The number of esters is 1. The van der Waals surface area contributed by atoms with E-state index < -0.39 is 18.2 Å². The van der Waals surface area contributed by atoms with Crippen LogP contribution >= 0.6 is 0 Å². The van der Waals surface area contributed by atoms with Crippen molar-refractivity contribution in [2.24, 2.45) is 0 Å². The minimum absolute atomic E-state index is 0.270. The van der Waals surface area contributed by atoms with Crippen LogP contribution in [-0.4, -0.2) is 37.0 Å². The first-order valence-corrected chi connectivity index (χ1v) is 3.51. The molecule has 1 N–H and O–H groups in total. The average molecular weight is 162 g/mol. The maximum atomic E-state index is 10.8. The number of carbonyl (C=O) groups excluding carboxylic acids is 1. The van der Waals surface area contributed by atoms with Gasteiger partial charge in [0.05, 0.1) is 12.7 Å². The Kier molecular flexibility index (Phi) is 4.81. The van der Waals surface area contributed by atoms with E-state index >= 15 is 0 Å². The second-order valence-corrected chi connectivity index (χ2v) is 2.14. The summed E-state index contributed by atoms with van der Waals surface area (Å²) in [5, 5.41) is 9.12. The number of methoxy groups -OCH3 is 1. The van der Waals surface area contributed by atoms with Crippen molar-refractivity contribution >= 4 is 5.97 Å². The Balaban J connectivity index is 3.80. The fourth-order valence-corrected chi connectivity index (χ4v) is 0.548. The molecule has 0 fully saturated rings. The van der Waals surface area contributed by atoms with Gasteiger partial charge in [0.1, 0.15) is 0 Å². The van der Waals surface area contributed by atoms with E-state index in [2.05, 4.69) is 4.74 Å². The van der Waals surface area contributed by atoms with Crippen LogP contribution in [0, 0.1) is 0 Å². The lowest BCUT2D eigenvalue weighted by Crippen LogP contribution is -2.34. The molecule has 0 spiro atoms. The largest absolute Gasteiger partial charge is 0.464 e. The molecule has 66 valence electrons. The van der Waals surface area contributed by atoms with Gasteiger partial charge in [-0.05, 0) is 13.8 Å². The number of aliphatic hydroxyl groups excluding tert-OH is 1. The highest BCUT2D eigenvalue weighted by Crippen LogP contribution is 1.98. The Morgan fingerprint density at radius 2 is 2.18 bits per heavy atom. The van der Waals surface area contributed by atoms with E-state index in [4.69, 9.17) is 9.84 Å². The molecular formula is C7H14O4. The van der Waals surface area contributed by atoms with Gasteiger partial charge in [-0.15, -0.1) is 0 Å². The molecule has 0 rings (SSSR count). The summed E-state index contributed by atoms with van der Waals surface area (Å²) in [6.07, 6.45) is -1.70. The van der Waals surface area contributed by atoms with Crippen molar-refractivity contribution < 1.29 is 19.4 Å². The summed E-state index contributed by atoms with van der Waals surface area (Å²) in [6, 6.07) is 0. The van der Waals surface area contributed by atoms with Gasteiger partial charge < -0.3 is 14.6 Å². The molecule has 2 atom stereocenters. The van der Waals surface area contributed by atoms with Crippen LogP contribution in [0.5, 0.6) is 0 Å². The molecule has 4 heteroatoms. The Morgan fingerprint density at radius 3 is 2.55 bits per heavy atom. The van der Waals surface area contributed by atoms with E-state index in [0.29, 0.717) is 0 Å². The average Bonchev–Trinajstić information content (AvgIpc) is 2.02. The van der Waals surface area contributed by atoms with Crippen LogP contribution in [0.1, 0.15) is 13.8 Å². The summed E-state index contributed by atoms with van der Waals surface area (Å²) >= 11 is 0. The predicted molar refractivity (Wildman–Crippen MR) is 39.1 cm³/mol. The van der Waals surface area contributed by atoms with Gasteiger partial charge in [0, 0.05) is 7.11 Å². The second-order valence-electron chi connectivity index (χ2n) is 2.14. The molecule has 0 aliphatic carbocycles. The van der Waals surface area contributed by atoms with Gasteiger partial charge in [0.2, 0.25) is 0 Å². The van der Waals surface area contributed by atoms with Crippen LogP contribution in [0.3, 0.4) is 0 Å². The Hall–Kier alpha value is -0.610. The van der Waals surface area contributed by atoms with Gasteiger partial charge in [-0.25, -0.2) is 4.79 Å². The van der Waals surface area contributed by atoms with Crippen LogP contribution in [0.4, 0.5) is 0 Å². The first-order valence-electron chi connectivity index (χ1n) is 3.51. The zero-order valence-corrected chi connectivity index (χ0v) is 7.03. The van der Waals surface area contributed by atoms with Crippen LogP contribution in [0.25, 0.3) is 0 Å². The van der Waals surface area contributed by atoms with E-state index in [1.165, 1.54) is 7.11 Å². The molecule has 0 amide bonds. The summed E-state index contributed by atoms with van der Waals surface area (Å²) < 4.78 is 9.29. The summed E-state index contributed by atoms with van der Waals surface area (Å²) in [5.41, 5.74) is 0. The zero-order chi connectivity index (χ0) is 8.85. The highest BCUT2D eigenvalue weighted by atomic mass is 16.6. The minimum atomic E-state index is -1.18. The number of rotatable bonds is 4. The van der Waals surface area contributed by atoms with E-state index in [-0.39, 0.29) is 6.61 Å². The predicted octanol–water partition coefficient (Wildman–Crippen LogP) is -0.0547. The molecule has 11 heavy (non-hydrogen) atoms. The highest BCUT2D eigenvalue weighted by molar-refractivity contribution is 5.74. The lowest BCUT2D eigenvalue weighted by Gasteiger charge is -2.14. The lowest BCUT2D eigenvalue weighted by molar-refractivity contribution is -0.159. The molecule has 0 saturated heterocycles. The monoisotopic (exact) mass is 162 g/mol. The first kappa shape index (κ1) is 10.4. The minimum Gasteiger partial charge on any atom is -0.464 e. The molecule has 0 heterocycles. The molecule has 0 aliphatic heterocycles. The Morgan fingerprint density at radius 1 is 1.64 bits per heavy atom. The summed E-state index contributed by atoms with van der Waals surface area (Å²) in [4.78, 5) is 10.8. The number of ether oxygens (including phenoxy) is 2.